The third kappa shape index (κ3) is 29.2. The van der Waals surface area contributed by atoms with E-state index in [2.05, 4.69) is 0 Å². The number of rotatable bonds is 6. The second-order valence-corrected chi connectivity index (χ2v) is 3.36. The van der Waals surface area contributed by atoms with E-state index in [0.29, 0.717) is 19.6 Å². The number of nitrogens with zero attached hydrogens (tertiary/aromatic N) is 1. The Bertz CT molecular complexity index is 196. The van der Waals surface area contributed by atoms with Crippen LogP contribution in [0.15, 0.2) is 0 Å². The molecule has 9 nitrogen and oxygen atoms in total. The van der Waals surface area contributed by atoms with Crippen molar-refractivity contribution in [2.24, 2.45) is 0 Å². The van der Waals surface area contributed by atoms with Crippen LogP contribution in [0, 0.1) is 0 Å². The number of hydrogen-bond donors (Lipinski definition) is 5. The molecule has 0 aliphatic rings. The Morgan fingerprint density at radius 3 is 1.12 bits per heavy atom. The number of aliphatic hydroxyl groups is 3. The van der Waals surface area contributed by atoms with Gasteiger partial charge in [0.1, 0.15) is 0 Å². The standard InChI is InChI=1S/C6H15NO3.H2O4S.H2O/c8-4-1-7(2-5-9)3-6-10;1-5(2,3)4;/h8-10H,1-6H2;(H2,1,2,3,4);1H2. The highest BCUT2D eigenvalue weighted by molar-refractivity contribution is 7.79. The molecule has 0 spiro atoms. The van der Waals surface area contributed by atoms with Crippen LogP contribution in [0.4, 0.5) is 0 Å². The van der Waals surface area contributed by atoms with Gasteiger partial charge in [-0.15, -0.1) is 0 Å². The molecule has 0 aromatic rings. The van der Waals surface area contributed by atoms with Crippen LogP contribution >= 0.6 is 0 Å². The normalized spacial score (nSPS) is 10.4. The Kier molecular flexibility index (Phi) is 16.7. The predicted octanol–water partition coefficient (Wildman–Crippen LogP) is -3.21. The van der Waals surface area contributed by atoms with Crippen molar-refractivity contribution < 1.29 is 38.3 Å². The van der Waals surface area contributed by atoms with Crippen molar-refractivity contribution in [3.8, 4) is 0 Å². The smallest absolute Gasteiger partial charge is 0.394 e. The maximum absolute atomic E-state index is 8.74. The lowest BCUT2D eigenvalue weighted by molar-refractivity contribution is 0.136. The SMILES string of the molecule is O.O=S(=O)(O)O.OCCN(CCO)CCO. The fraction of sp³-hybridized carbons (Fsp3) is 1.00. The van der Waals surface area contributed by atoms with Crippen molar-refractivity contribution in [2.75, 3.05) is 39.5 Å². The van der Waals surface area contributed by atoms with Crippen LogP contribution < -0.4 is 0 Å². The molecule has 0 aromatic carbocycles. The highest BCUT2D eigenvalue weighted by Gasteiger charge is 2.00. The highest BCUT2D eigenvalue weighted by Crippen LogP contribution is 1.84. The summed E-state index contributed by atoms with van der Waals surface area (Å²) in [7, 11) is -4.67. The summed E-state index contributed by atoms with van der Waals surface area (Å²) in [5.41, 5.74) is 0. The third-order valence-electron chi connectivity index (χ3n) is 1.25. The lowest BCUT2D eigenvalue weighted by Gasteiger charge is -2.17. The molecule has 16 heavy (non-hydrogen) atoms. The average molecular weight is 265 g/mol. The minimum atomic E-state index is -4.67. The number of hydrogen-bond acceptors (Lipinski definition) is 6. The summed E-state index contributed by atoms with van der Waals surface area (Å²) in [4.78, 5) is 1.79. The minimum Gasteiger partial charge on any atom is -0.412 e. The van der Waals surface area contributed by atoms with Gasteiger partial charge >= 0.3 is 10.4 Å². The first kappa shape index (κ1) is 21.0. The van der Waals surface area contributed by atoms with Crippen LogP contribution in [-0.4, -0.2) is 82.7 Å². The zero-order chi connectivity index (χ0) is 12.3. The van der Waals surface area contributed by atoms with Crippen LogP contribution in [-0.2, 0) is 10.4 Å². The molecule has 0 heterocycles. The summed E-state index contributed by atoms with van der Waals surface area (Å²) in [5.74, 6) is 0. The Hall–Kier alpha value is -0.330. The van der Waals surface area contributed by atoms with Gasteiger partial charge in [-0.1, -0.05) is 0 Å². The minimum absolute atomic E-state index is 0. The lowest BCUT2D eigenvalue weighted by Crippen LogP contribution is -2.32. The molecule has 0 radical (unpaired) electrons. The summed E-state index contributed by atoms with van der Waals surface area (Å²) in [6, 6.07) is 0. The summed E-state index contributed by atoms with van der Waals surface area (Å²) >= 11 is 0. The van der Waals surface area contributed by atoms with Crippen molar-refractivity contribution in [3.05, 3.63) is 0 Å². The highest BCUT2D eigenvalue weighted by atomic mass is 32.3. The van der Waals surface area contributed by atoms with Gasteiger partial charge in [-0.2, -0.15) is 8.42 Å². The fourth-order valence-corrected chi connectivity index (χ4v) is 0.760. The molecule has 0 bridgehead atoms. The molecule has 0 saturated carbocycles. The molecule has 0 saturated heterocycles. The molecular weight excluding hydrogens is 246 g/mol. The lowest BCUT2D eigenvalue weighted by atomic mass is 10.4. The topological polar surface area (TPSA) is 170 Å². The van der Waals surface area contributed by atoms with Gasteiger partial charge in [-0.05, 0) is 0 Å². The van der Waals surface area contributed by atoms with E-state index in [1.165, 1.54) is 0 Å². The summed E-state index contributed by atoms with van der Waals surface area (Å²) < 4.78 is 31.6. The van der Waals surface area contributed by atoms with Gasteiger partial charge in [0.2, 0.25) is 0 Å². The van der Waals surface area contributed by atoms with Crippen molar-refractivity contribution in [3.63, 3.8) is 0 Å². The molecule has 0 rings (SSSR count). The fourth-order valence-electron chi connectivity index (χ4n) is 0.760. The Morgan fingerprint density at radius 1 is 0.812 bits per heavy atom. The quantitative estimate of drug-likeness (QED) is 0.312. The van der Waals surface area contributed by atoms with Gasteiger partial charge < -0.3 is 20.8 Å². The van der Waals surface area contributed by atoms with E-state index < -0.39 is 10.4 Å². The molecule has 10 heteroatoms. The summed E-state index contributed by atoms with van der Waals surface area (Å²) in [6.45, 7) is 1.75. The van der Waals surface area contributed by atoms with E-state index >= 15 is 0 Å². The largest absolute Gasteiger partial charge is 0.412 e. The Balaban J connectivity index is -0.000000242. The van der Waals surface area contributed by atoms with Crippen molar-refractivity contribution in [2.45, 2.75) is 0 Å². The number of aliphatic hydroxyl groups excluding tert-OH is 3. The molecule has 102 valence electrons. The monoisotopic (exact) mass is 265 g/mol. The van der Waals surface area contributed by atoms with E-state index in [1.54, 1.807) is 4.90 Å². The average Bonchev–Trinajstić information content (AvgIpc) is 2.02. The van der Waals surface area contributed by atoms with E-state index in [-0.39, 0.29) is 25.3 Å². The van der Waals surface area contributed by atoms with Crippen LogP contribution in [0.1, 0.15) is 0 Å². The van der Waals surface area contributed by atoms with Gasteiger partial charge in [0.25, 0.3) is 0 Å². The van der Waals surface area contributed by atoms with Gasteiger partial charge in [0.05, 0.1) is 19.8 Å². The van der Waals surface area contributed by atoms with E-state index in [1.807, 2.05) is 0 Å². The van der Waals surface area contributed by atoms with Crippen LogP contribution in [0.25, 0.3) is 0 Å². The molecule has 7 N–H and O–H groups in total. The second-order valence-electron chi connectivity index (χ2n) is 2.46. The van der Waals surface area contributed by atoms with Crippen LogP contribution in [0.2, 0.25) is 0 Å². The zero-order valence-corrected chi connectivity index (χ0v) is 9.47. The van der Waals surface area contributed by atoms with Gasteiger partial charge in [-0.25, -0.2) is 0 Å². The second kappa shape index (κ2) is 12.7. The van der Waals surface area contributed by atoms with Gasteiger partial charge in [0, 0.05) is 19.6 Å². The molecule has 0 aliphatic carbocycles. The van der Waals surface area contributed by atoms with Gasteiger partial charge in [-0.3, -0.25) is 14.0 Å². The first-order valence-electron chi connectivity index (χ1n) is 4.10. The molecular formula is C6H19NO8S. The summed E-state index contributed by atoms with van der Waals surface area (Å²) in [6.07, 6.45) is 0. The van der Waals surface area contributed by atoms with Crippen LogP contribution in [0.5, 0.6) is 0 Å². The predicted molar refractivity (Wildman–Crippen MR) is 55.5 cm³/mol. The summed E-state index contributed by atoms with van der Waals surface area (Å²) in [5, 5.41) is 25.5. The van der Waals surface area contributed by atoms with Crippen molar-refractivity contribution >= 4 is 10.4 Å². The van der Waals surface area contributed by atoms with Crippen LogP contribution in [0.3, 0.4) is 0 Å². The van der Waals surface area contributed by atoms with E-state index in [4.69, 9.17) is 32.8 Å². The maximum atomic E-state index is 8.74. The van der Waals surface area contributed by atoms with Crippen molar-refractivity contribution in [1.29, 1.82) is 0 Å². The van der Waals surface area contributed by atoms with Crippen molar-refractivity contribution in [1.82, 2.24) is 4.90 Å². The van der Waals surface area contributed by atoms with Gasteiger partial charge in [0.15, 0.2) is 0 Å². The molecule has 0 fully saturated rings. The van der Waals surface area contributed by atoms with E-state index in [9.17, 15) is 0 Å². The maximum Gasteiger partial charge on any atom is 0.394 e. The molecule has 0 amide bonds. The first-order valence-corrected chi connectivity index (χ1v) is 5.49. The van der Waals surface area contributed by atoms with E-state index in [0.717, 1.165) is 0 Å². The Labute approximate surface area is 93.8 Å². The molecule has 0 atom stereocenters. The zero-order valence-electron chi connectivity index (χ0n) is 8.65. The third-order valence-corrected chi connectivity index (χ3v) is 1.25. The molecule has 0 aliphatic heterocycles. The molecule has 0 unspecified atom stereocenters. The molecule has 0 aromatic heterocycles. The Morgan fingerprint density at radius 2 is 1.00 bits per heavy atom. The first-order chi connectivity index (χ1) is 6.85.